The Labute approximate surface area is 154 Å². The minimum Gasteiger partial charge on any atom is -0.325 e. The van der Waals surface area contributed by atoms with Crippen LogP contribution in [0, 0.1) is 11.7 Å². The van der Waals surface area contributed by atoms with E-state index in [0.29, 0.717) is 5.69 Å². The van der Waals surface area contributed by atoms with Gasteiger partial charge in [0.25, 0.3) is 0 Å². The zero-order chi connectivity index (χ0) is 18.6. The van der Waals surface area contributed by atoms with Crippen molar-refractivity contribution >= 4 is 37.5 Å². The fourth-order valence-electron chi connectivity index (χ4n) is 2.17. The third kappa shape index (κ3) is 5.10. The lowest BCUT2D eigenvalue weighted by molar-refractivity contribution is -0.118. The summed E-state index contributed by atoms with van der Waals surface area (Å²) in [4.78, 5) is 12.0. The van der Waals surface area contributed by atoms with Crippen molar-refractivity contribution in [3.63, 3.8) is 0 Å². The van der Waals surface area contributed by atoms with E-state index in [-0.39, 0.29) is 5.92 Å². The average molecular weight is 429 g/mol. The normalized spacial score (nSPS) is 12.8. The van der Waals surface area contributed by atoms with Crippen LogP contribution in [0.2, 0.25) is 0 Å². The molecule has 25 heavy (non-hydrogen) atoms. The van der Waals surface area contributed by atoms with E-state index >= 15 is 0 Å². The monoisotopic (exact) mass is 428 g/mol. The van der Waals surface area contributed by atoms with E-state index in [2.05, 4.69) is 26.0 Å². The Kier molecular flexibility index (Phi) is 6.31. The first-order valence-electron chi connectivity index (χ1n) is 7.54. The van der Waals surface area contributed by atoms with Crippen molar-refractivity contribution in [2.24, 2.45) is 5.92 Å². The molecule has 0 bridgehead atoms. The molecule has 8 heteroatoms. The number of anilines is 1. The maximum absolute atomic E-state index is 13.8. The van der Waals surface area contributed by atoms with Gasteiger partial charge in [-0.25, -0.2) is 12.8 Å². The third-order valence-corrected chi connectivity index (χ3v) is 5.42. The van der Waals surface area contributed by atoms with Gasteiger partial charge in [-0.3, -0.25) is 4.79 Å². The van der Waals surface area contributed by atoms with Gasteiger partial charge in [-0.15, -0.1) is 0 Å². The highest BCUT2D eigenvalue weighted by molar-refractivity contribution is 9.10. The second-order valence-electron chi connectivity index (χ2n) is 5.77. The van der Waals surface area contributed by atoms with Crippen molar-refractivity contribution in [3.05, 3.63) is 58.8 Å². The molecule has 134 valence electrons. The minimum absolute atomic E-state index is 0.339. The number of benzene rings is 2. The van der Waals surface area contributed by atoms with Crippen LogP contribution in [-0.2, 0) is 14.8 Å². The predicted octanol–water partition coefficient (Wildman–Crippen LogP) is 3.53. The van der Waals surface area contributed by atoms with E-state index in [4.69, 9.17) is 0 Å². The van der Waals surface area contributed by atoms with Gasteiger partial charge in [-0.05, 0) is 36.2 Å². The average Bonchev–Trinajstić information content (AvgIpc) is 2.52. The smallest absolute Gasteiger partial charge is 0.244 e. The lowest BCUT2D eigenvalue weighted by Crippen LogP contribution is -2.47. The van der Waals surface area contributed by atoms with Crippen LogP contribution in [0.5, 0.6) is 0 Å². The highest BCUT2D eigenvalue weighted by atomic mass is 79.9. The molecule has 0 aromatic heterocycles. The van der Waals surface area contributed by atoms with Gasteiger partial charge in [-0.2, -0.15) is 4.72 Å². The van der Waals surface area contributed by atoms with Crippen LogP contribution >= 0.6 is 15.9 Å². The molecule has 5 nitrogen and oxygen atoms in total. The summed E-state index contributed by atoms with van der Waals surface area (Å²) in [6.45, 7) is 3.41. The molecule has 1 amide bonds. The van der Waals surface area contributed by atoms with E-state index in [1.807, 2.05) is 0 Å². The zero-order valence-corrected chi connectivity index (χ0v) is 16.1. The molecule has 0 heterocycles. The number of hydrogen-bond donors (Lipinski definition) is 2. The number of sulfonamides is 1. The molecule has 0 fully saturated rings. The van der Waals surface area contributed by atoms with Crippen molar-refractivity contribution in [2.75, 3.05) is 5.32 Å². The SMILES string of the molecule is CC(C)C(NS(=O)(=O)c1ccccc1F)C(=O)Nc1cccc(Br)c1. The molecule has 0 aliphatic heterocycles. The number of rotatable bonds is 6. The van der Waals surface area contributed by atoms with Gasteiger partial charge in [0.1, 0.15) is 16.8 Å². The first-order valence-corrected chi connectivity index (χ1v) is 9.81. The molecule has 1 unspecified atom stereocenters. The summed E-state index contributed by atoms with van der Waals surface area (Å²) < 4.78 is 41.8. The van der Waals surface area contributed by atoms with Crippen LogP contribution in [0.4, 0.5) is 10.1 Å². The fraction of sp³-hybridized carbons (Fsp3) is 0.235. The molecule has 0 saturated heterocycles. The second-order valence-corrected chi connectivity index (χ2v) is 8.37. The number of hydrogen-bond acceptors (Lipinski definition) is 3. The Morgan fingerprint density at radius 1 is 1.12 bits per heavy atom. The fourth-order valence-corrected chi connectivity index (χ4v) is 3.99. The van der Waals surface area contributed by atoms with Crippen LogP contribution < -0.4 is 10.0 Å². The number of nitrogens with one attached hydrogen (secondary N) is 2. The lowest BCUT2D eigenvalue weighted by atomic mass is 10.0. The summed E-state index contributed by atoms with van der Waals surface area (Å²) in [5.41, 5.74) is 0.523. The van der Waals surface area contributed by atoms with Gasteiger partial charge in [0.15, 0.2) is 0 Å². The number of carbonyl (C=O) groups is 1. The van der Waals surface area contributed by atoms with Crippen LogP contribution in [0.1, 0.15) is 13.8 Å². The summed E-state index contributed by atoms with van der Waals surface area (Å²) >= 11 is 3.30. The van der Waals surface area contributed by atoms with E-state index in [0.717, 1.165) is 16.6 Å². The molecule has 0 aliphatic carbocycles. The van der Waals surface area contributed by atoms with Gasteiger partial charge < -0.3 is 5.32 Å². The molecule has 1 atom stereocenters. The number of amides is 1. The van der Waals surface area contributed by atoms with Gasteiger partial charge in [0.05, 0.1) is 0 Å². The Morgan fingerprint density at radius 3 is 2.40 bits per heavy atom. The van der Waals surface area contributed by atoms with E-state index in [1.54, 1.807) is 38.1 Å². The second kappa shape index (κ2) is 8.07. The summed E-state index contributed by atoms with van der Waals surface area (Å²) in [6, 6.07) is 10.9. The summed E-state index contributed by atoms with van der Waals surface area (Å²) in [6.07, 6.45) is 0. The molecule has 2 aromatic carbocycles. The summed E-state index contributed by atoms with van der Waals surface area (Å²) in [7, 11) is -4.18. The van der Waals surface area contributed by atoms with Crippen LogP contribution in [0.3, 0.4) is 0 Å². The van der Waals surface area contributed by atoms with Crippen molar-refractivity contribution in [1.82, 2.24) is 4.72 Å². The Morgan fingerprint density at radius 2 is 1.80 bits per heavy atom. The molecular weight excluding hydrogens is 411 g/mol. The van der Waals surface area contributed by atoms with Gasteiger partial charge in [-0.1, -0.05) is 48.0 Å². The maximum atomic E-state index is 13.8. The first-order chi connectivity index (χ1) is 11.7. The van der Waals surface area contributed by atoms with Gasteiger partial charge >= 0.3 is 0 Å². The molecule has 2 rings (SSSR count). The van der Waals surface area contributed by atoms with Crippen LogP contribution in [0.25, 0.3) is 0 Å². The molecule has 0 radical (unpaired) electrons. The molecule has 2 aromatic rings. The number of halogens is 2. The number of carbonyl (C=O) groups excluding carboxylic acids is 1. The minimum atomic E-state index is -4.18. The summed E-state index contributed by atoms with van der Waals surface area (Å²) in [5, 5.41) is 2.66. The van der Waals surface area contributed by atoms with E-state index in [1.165, 1.54) is 12.1 Å². The van der Waals surface area contributed by atoms with E-state index in [9.17, 15) is 17.6 Å². The Balaban J connectivity index is 2.23. The van der Waals surface area contributed by atoms with Gasteiger partial charge in [0.2, 0.25) is 15.9 Å². The predicted molar refractivity (Wildman–Crippen MR) is 98.1 cm³/mol. The van der Waals surface area contributed by atoms with Crippen LogP contribution in [0.15, 0.2) is 57.9 Å². The van der Waals surface area contributed by atoms with Crippen LogP contribution in [-0.4, -0.2) is 20.4 Å². The maximum Gasteiger partial charge on any atom is 0.244 e. The highest BCUT2D eigenvalue weighted by Crippen LogP contribution is 2.18. The molecule has 2 N–H and O–H groups in total. The summed E-state index contributed by atoms with van der Waals surface area (Å²) in [5.74, 6) is -1.73. The lowest BCUT2D eigenvalue weighted by Gasteiger charge is -2.22. The largest absolute Gasteiger partial charge is 0.325 e. The zero-order valence-electron chi connectivity index (χ0n) is 13.7. The highest BCUT2D eigenvalue weighted by Gasteiger charge is 2.29. The van der Waals surface area contributed by atoms with Crippen molar-refractivity contribution < 1.29 is 17.6 Å². The Hall–Kier alpha value is -1.77. The molecule has 0 saturated carbocycles. The first kappa shape index (κ1) is 19.6. The van der Waals surface area contributed by atoms with Gasteiger partial charge in [0, 0.05) is 10.2 Å². The molecular formula is C17H18BrFN2O3S. The van der Waals surface area contributed by atoms with Crippen molar-refractivity contribution in [3.8, 4) is 0 Å². The quantitative estimate of drug-likeness (QED) is 0.738. The standard InChI is InChI=1S/C17H18BrFN2O3S/c1-11(2)16(17(22)20-13-7-5-6-12(18)10-13)21-25(23,24)15-9-4-3-8-14(15)19/h3-11,16,21H,1-2H3,(H,20,22). The topological polar surface area (TPSA) is 75.3 Å². The van der Waals surface area contributed by atoms with E-state index < -0.39 is 32.7 Å². The molecule has 0 spiro atoms. The van der Waals surface area contributed by atoms with Crippen molar-refractivity contribution in [2.45, 2.75) is 24.8 Å². The molecule has 0 aliphatic rings. The van der Waals surface area contributed by atoms with Crippen molar-refractivity contribution in [1.29, 1.82) is 0 Å². The Bertz CT molecular complexity index is 872. The third-order valence-electron chi connectivity index (χ3n) is 3.45.